The fraction of sp³-hybridized carbons (Fsp3) is 0.500. The standard InChI is InChI=1S/C12H16F2N2.2ClH/c1-9(16-4-2-15-3-5-16)10-6-11(13)8-12(14)7-10;;/h6-9,15H,2-5H2,1H3;2*1H/t9-;;/m1../s1. The maximum atomic E-state index is 13.1. The van der Waals surface area contributed by atoms with Crippen LogP contribution in [-0.2, 0) is 0 Å². The molecule has 1 heterocycles. The van der Waals surface area contributed by atoms with E-state index in [9.17, 15) is 8.78 Å². The number of rotatable bonds is 2. The first kappa shape index (κ1) is 17.6. The molecule has 0 aromatic heterocycles. The van der Waals surface area contributed by atoms with Gasteiger partial charge in [0.25, 0.3) is 0 Å². The summed E-state index contributed by atoms with van der Waals surface area (Å²) in [5.74, 6) is -1.01. The van der Waals surface area contributed by atoms with E-state index in [0.29, 0.717) is 5.56 Å². The molecule has 104 valence electrons. The minimum Gasteiger partial charge on any atom is -0.314 e. The van der Waals surface area contributed by atoms with Crippen LogP contribution in [0.15, 0.2) is 18.2 Å². The van der Waals surface area contributed by atoms with Gasteiger partial charge in [-0.3, -0.25) is 4.90 Å². The lowest BCUT2D eigenvalue weighted by Gasteiger charge is -2.33. The number of benzene rings is 1. The van der Waals surface area contributed by atoms with Gasteiger partial charge in [-0.15, -0.1) is 24.8 Å². The lowest BCUT2D eigenvalue weighted by atomic mass is 10.1. The summed E-state index contributed by atoms with van der Waals surface area (Å²) in [6.45, 7) is 5.68. The monoisotopic (exact) mass is 298 g/mol. The molecule has 2 nitrogen and oxygen atoms in total. The zero-order chi connectivity index (χ0) is 11.5. The van der Waals surface area contributed by atoms with Crippen LogP contribution in [0.2, 0.25) is 0 Å². The Morgan fingerprint density at radius 3 is 2.06 bits per heavy atom. The van der Waals surface area contributed by atoms with Gasteiger partial charge < -0.3 is 5.32 Å². The van der Waals surface area contributed by atoms with Gasteiger partial charge in [-0.05, 0) is 24.6 Å². The third kappa shape index (κ3) is 4.35. The van der Waals surface area contributed by atoms with Crippen molar-refractivity contribution < 1.29 is 8.78 Å². The zero-order valence-electron chi connectivity index (χ0n) is 10.2. The van der Waals surface area contributed by atoms with Crippen LogP contribution in [-0.4, -0.2) is 31.1 Å². The summed E-state index contributed by atoms with van der Waals surface area (Å²) in [7, 11) is 0. The summed E-state index contributed by atoms with van der Waals surface area (Å²) in [6.07, 6.45) is 0. The topological polar surface area (TPSA) is 15.3 Å². The Morgan fingerprint density at radius 2 is 1.56 bits per heavy atom. The maximum absolute atomic E-state index is 13.1. The Balaban J connectivity index is 0.00000144. The fourth-order valence-electron chi connectivity index (χ4n) is 2.10. The lowest BCUT2D eigenvalue weighted by molar-refractivity contribution is 0.185. The molecule has 0 amide bonds. The molecule has 0 radical (unpaired) electrons. The van der Waals surface area contributed by atoms with E-state index in [1.807, 2.05) is 6.92 Å². The van der Waals surface area contributed by atoms with Crippen molar-refractivity contribution in [2.24, 2.45) is 0 Å². The molecule has 2 rings (SSSR count). The number of halogens is 4. The van der Waals surface area contributed by atoms with Crippen molar-refractivity contribution >= 4 is 24.8 Å². The Morgan fingerprint density at radius 1 is 1.06 bits per heavy atom. The van der Waals surface area contributed by atoms with E-state index in [2.05, 4.69) is 10.2 Å². The summed E-state index contributed by atoms with van der Waals surface area (Å²) in [5, 5.41) is 3.25. The van der Waals surface area contributed by atoms with Gasteiger partial charge in [0.2, 0.25) is 0 Å². The number of piperazine rings is 1. The Hall–Kier alpha value is -0.420. The van der Waals surface area contributed by atoms with E-state index in [1.165, 1.54) is 12.1 Å². The Labute approximate surface area is 119 Å². The van der Waals surface area contributed by atoms with Crippen molar-refractivity contribution in [2.75, 3.05) is 26.2 Å². The summed E-state index contributed by atoms with van der Waals surface area (Å²) < 4.78 is 26.2. The van der Waals surface area contributed by atoms with Crippen LogP contribution in [0.1, 0.15) is 18.5 Å². The molecule has 18 heavy (non-hydrogen) atoms. The second kappa shape index (κ2) is 7.89. The van der Waals surface area contributed by atoms with E-state index in [-0.39, 0.29) is 30.9 Å². The number of nitrogens with one attached hydrogen (secondary N) is 1. The average molecular weight is 299 g/mol. The van der Waals surface area contributed by atoms with Crippen LogP contribution in [0.4, 0.5) is 8.78 Å². The third-order valence-electron chi connectivity index (χ3n) is 3.07. The van der Waals surface area contributed by atoms with Gasteiger partial charge in [-0.25, -0.2) is 8.78 Å². The smallest absolute Gasteiger partial charge is 0.126 e. The summed E-state index contributed by atoms with van der Waals surface area (Å²) in [4.78, 5) is 2.23. The molecule has 0 spiro atoms. The molecule has 0 aliphatic carbocycles. The predicted octanol–water partition coefficient (Wildman–Crippen LogP) is 2.77. The molecule has 1 saturated heterocycles. The second-order valence-electron chi connectivity index (χ2n) is 4.16. The van der Waals surface area contributed by atoms with Crippen molar-refractivity contribution in [3.63, 3.8) is 0 Å². The Bertz CT molecular complexity index is 351. The molecule has 1 aromatic carbocycles. The van der Waals surface area contributed by atoms with Crippen LogP contribution in [0.25, 0.3) is 0 Å². The highest BCUT2D eigenvalue weighted by molar-refractivity contribution is 5.85. The number of hydrogen-bond donors (Lipinski definition) is 1. The molecular formula is C12H18Cl2F2N2. The van der Waals surface area contributed by atoms with Gasteiger partial charge >= 0.3 is 0 Å². The quantitative estimate of drug-likeness (QED) is 0.903. The first-order valence-electron chi connectivity index (χ1n) is 5.57. The predicted molar refractivity (Wildman–Crippen MR) is 73.7 cm³/mol. The molecule has 0 unspecified atom stereocenters. The molecule has 0 bridgehead atoms. The highest BCUT2D eigenvalue weighted by Gasteiger charge is 2.18. The molecule has 6 heteroatoms. The van der Waals surface area contributed by atoms with Crippen molar-refractivity contribution in [1.82, 2.24) is 10.2 Å². The number of hydrogen-bond acceptors (Lipinski definition) is 2. The van der Waals surface area contributed by atoms with Gasteiger partial charge in [0.1, 0.15) is 11.6 Å². The minimum absolute atomic E-state index is 0. The van der Waals surface area contributed by atoms with Crippen molar-refractivity contribution in [1.29, 1.82) is 0 Å². The van der Waals surface area contributed by atoms with Gasteiger partial charge in [0.15, 0.2) is 0 Å². The number of nitrogens with zero attached hydrogens (tertiary/aromatic N) is 1. The molecule has 1 aromatic rings. The van der Waals surface area contributed by atoms with Gasteiger partial charge in [0, 0.05) is 38.3 Å². The van der Waals surface area contributed by atoms with E-state index in [1.54, 1.807) is 0 Å². The highest BCUT2D eigenvalue weighted by Crippen LogP contribution is 2.22. The first-order valence-corrected chi connectivity index (χ1v) is 5.57. The van der Waals surface area contributed by atoms with Crippen molar-refractivity contribution in [3.05, 3.63) is 35.4 Å². The van der Waals surface area contributed by atoms with Crippen LogP contribution < -0.4 is 5.32 Å². The molecule has 0 saturated carbocycles. The Kier molecular flexibility index (Phi) is 7.71. The molecular weight excluding hydrogens is 281 g/mol. The maximum Gasteiger partial charge on any atom is 0.126 e. The summed E-state index contributed by atoms with van der Waals surface area (Å²) >= 11 is 0. The summed E-state index contributed by atoms with van der Waals surface area (Å²) in [5.41, 5.74) is 0.708. The third-order valence-corrected chi connectivity index (χ3v) is 3.07. The van der Waals surface area contributed by atoms with Crippen LogP contribution in [0.3, 0.4) is 0 Å². The van der Waals surface area contributed by atoms with Gasteiger partial charge in [-0.1, -0.05) is 0 Å². The van der Waals surface area contributed by atoms with Crippen LogP contribution in [0.5, 0.6) is 0 Å². The molecule has 1 aliphatic rings. The van der Waals surface area contributed by atoms with Gasteiger partial charge in [0.05, 0.1) is 0 Å². The van der Waals surface area contributed by atoms with Crippen molar-refractivity contribution in [3.8, 4) is 0 Å². The SMILES string of the molecule is C[C@H](c1cc(F)cc(F)c1)N1CCNCC1.Cl.Cl. The summed E-state index contributed by atoms with van der Waals surface area (Å²) in [6, 6.07) is 3.80. The van der Waals surface area contributed by atoms with Crippen LogP contribution >= 0.6 is 24.8 Å². The van der Waals surface area contributed by atoms with Crippen LogP contribution in [0, 0.1) is 11.6 Å². The normalized spacial score (nSPS) is 17.5. The minimum atomic E-state index is -0.503. The van der Waals surface area contributed by atoms with E-state index in [0.717, 1.165) is 32.2 Å². The largest absolute Gasteiger partial charge is 0.314 e. The lowest BCUT2D eigenvalue weighted by Crippen LogP contribution is -2.44. The van der Waals surface area contributed by atoms with E-state index < -0.39 is 11.6 Å². The van der Waals surface area contributed by atoms with E-state index in [4.69, 9.17) is 0 Å². The second-order valence-corrected chi connectivity index (χ2v) is 4.16. The highest BCUT2D eigenvalue weighted by atomic mass is 35.5. The first-order chi connectivity index (χ1) is 7.66. The molecule has 1 atom stereocenters. The average Bonchev–Trinajstić information content (AvgIpc) is 2.28. The molecule has 1 N–H and O–H groups in total. The van der Waals surface area contributed by atoms with E-state index >= 15 is 0 Å². The fourth-order valence-corrected chi connectivity index (χ4v) is 2.10. The zero-order valence-corrected chi connectivity index (χ0v) is 11.8. The van der Waals surface area contributed by atoms with Gasteiger partial charge in [-0.2, -0.15) is 0 Å². The van der Waals surface area contributed by atoms with Crippen molar-refractivity contribution in [2.45, 2.75) is 13.0 Å². The molecule has 1 aliphatic heterocycles. The molecule has 1 fully saturated rings.